The van der Waals surface area contributed by atoms with Crippen LogP contribution in [-0.2, 0) is 11.2 Å². The fourth-order valence-electron chi connectivity index (χ4n) is 1.72. The first-order chi connectivity index (χ1) is 9.58. The summed E-state index contributed by atoms with van der Waals surface area (Å²) < 4.78 is 0. The first kappa shape index (κ1) is 15.0. The van der Waals surface area contributed by atoms with E-state index in [1.165, 1.54) is 11.3 Å². The number of halogens is 1. The van der Waals surface area contributed by atoms with Crippen LogP contribution in [0.4, 0.5) is 5.13 Å². The molecule has 1 heterocycles. The summed E-state index contributed by atoms with van der Waals surface area (Å²) in [6, 6.07) is 6.03. The molecule has 2 aromatic rings. The van der Waals surface area contributed by atoms with E-state index in [9.17, 15) is 4.79 Å². The van der Waals surface area contributed by atoms with Crippen molar-refractivity contribution in [3.63, 3.8) is 0 Å². The number of hydrogen-bond acceptors (Lipinski definition) is 4. The summed E-state index contributed by atoms with van der Waals surface area (Å²) in [5.41, 5.74) is 2.21. The number of nitrogens with one attached hydrogen (secondary N) is 2. The summed E-state index contributed by atoms with van der Waals surface area (Å²) in [6.07, 6.45) is 2.55. The van der Waals surface area contributed by atoms with E-state index in [1.807, 2.05) is 19.1 Å². The predicted molar refractivity (Wildman–Crippen MR) is 83.7 cm³/mol. The van der Waals surface area contributed by atoms with Crippen LogP contribution in [0.1, 0.15) is 16.0 Å². The maximum Gasteiger partial charge on any atom is 0.240 e. The third-order valence-corrected chi connectivity index (χ3v) is 4.07. The minimum absolute atomic E-state index is 0.0909. The van der Waals surface area contributed by atoms with Gasteiger partial charge in [-0.3, -0.25) is 4.79 Å². The van der Waals surface area contributed by atoms with Crippen LogP contribution in [0.2, 0.25) is 5.02 Å². The summed E-state index contributed by atoms with van der Waals surface area (Å²) in [5, 5.41) is 6.94. The van der Waals surface area contributed by atoms with Gasteiger partial charge in [0.2, 0.25) is 5.91 Å². The zero-order valence-corrected chi connectivity index (χ0v) is 12.9. The molecule has 0 saturated carbocycles. The number of aryl methyl sites for hydroxylation is 1. The van der Waals surface area contributed by atoms with Gasteiger partial charge in [-0.05, 0) is 31.2 Å². The first-order valence-electron chi connectivity index (χ1n) is 6.22. The molecule has 1 aromatic heterocycles. The van der Waals surface area contributed by atoms with Crippen molar-refractivity contribution in [1.82, 2.24) is 10.3 Å². The Labute approximate surface area is 127 Å². The lowest BCUT2D eigenvalue weighted by Gasteiger charge is -2.02. The maximum absolute atomic E-state index is 11.4. The van der Waals surface area contributed by atoms with Crippen molar-refractivity contribution in [3.8, 4) is 0 Å². The molecule has 2 rings (SSSR count). The smallest absolute Gasteiger partial charge is 0.240 e. The van der Waals surface area contributed by atoms with Crippen LogP contribution in [0.5, 0.6) is 0 Å². The number of carbonyl (C=O) groups is 1. The minimum atomic E-state index is -0.0909. The fourth-order valence-corrected chi connectivity index (χ4v) is 2.78. The zero-order valence-electron chi connectivity index (χ0n) is 11.4. The molecule has 4 nitrogen and oxygen atoms in total. The summed E-state index contributed by atoms with van der Waals surface area (Å²) in [5.74, 6) is -0.0909. The highest BCUT2D eigenvalue weighted by Crippen LogP contribution is 2.23. The molecule has 6 heteroatoms. The molecule has 20 heavy (non-hydrogen) atoms. The highest BCUT2D eigenvalue weighted by molar-refractivity contribution is 7.15. The first-order valence-corrected chi connectivity index (χ1v) is 7.42. The number of aromatic nitrogens is 1. The van der Waals surface area contributed by atoms with Crippen molar-refractivity contribution < 1.29 is 4.79 Å². The molecule has 0 unspecified atom stereocenters. The van der Waals surface area contributed by atoms with Gasteiger partial charge < -0.3 is 10.6 Å². The molecule has 0 saturated heterocycles. The van der Waals surface area contributed by atoms with Gasteiger partial charge in [0.25, 0.3) is 0 Å². The quantitative estimate of drug-likeness (QED) is 0.893. The Hall–Kier alpha value is -1.43. The van der Waals surface area contributed by atoms with Gasteiger partial charge in [0, 0.05) is 22.5 Å². The maximum atomic E-state index is 11.4. The van der Waals surface area contributed by atoms with Gasteiger partial charge in [0.05, 0.1) is 6.54 Å². The van der Waals surface area contributed by atoms with E-state index in [1.54, 1.807) is 13.2 Å². The largest absolute Gasteiger partial charge is 0.311 e. The third kappa shape index (κ3) is 4.03. The number of amides is 1. The highest BCUT2D eigenvalue weighted by atomic mass is 35.5. The molecule has 2 N–H and O–H groups in total. The molecule has 0 fully saturated rings. The van der Waals surface area contributed by atoms with Crippen LogP contribution >= 0.6 is 22.9 Å². The topological polar surface area (TPSA) is 54.0 Å². The third-order valence-electron chi connectivity index (χ3n) is 2.75. The lowest BCUT2D eigenvalue weighted by atomic mass is 10.1. The van der Waals surface area contributed by atoms with E-state index < -0.39 is 0 Å². The number of likely N-dealkylation sites (N-methyl/N-ethyl adjacent to an activating group) is 1. The van der Waals surface area contributed by atoms with Gasteiger partial charge in [0.15, 0.2) is 5.13 Å². The number of benzene rings is 1. The Bertz CT molecular complexity index is 612. The Morgan fingerprint density at radius 3 is 2.95 bits per heavy atom. The predicted octanol–water partition coefficient (Wildman–Crippen LogP) is 2.85. The second kappa shape index (κ2) is 6.83. The molecule has 106 valence electrons. The van der Waals surface area contributed by atoms with E-state index >= 15 is 0 Å². The fraction of sp³-hybridized carbons (Fsp3) is 0.286. The van der Waals surface area contributed by atoms with Crippen LogP contribution in [0, 0.1) is 6.92 Å². The second-order valence-electron chi connectivity index (χ2n) is 4.47. The molecular weight excluding hydrogens is 294 g/mol. The molecule has 0 radical (unpaired) electrons. The van der Waals surface area contributed by atoms with Gasteiger partial charge in [-0.15, -0.1) is 11.3 Å². The molecule has 0 bridgehead atoms. The van der Waals surface area contributed by atoms with Gasteiger partial charge in [-0.25, -0.2) is 4.98 Å². The highest BCUT2D eigenvalue weighted by Gasteiger charge is 2.07. The van der Waals surface area contributed by atoms with Gasteiger partial charge in [0.1, 0.15) is 0 Å². The average molecular weight is 310 g/mol. The number of nitrogens with zero attached hydrogens (tertiary/aromatic N) is 1. The van der Waals surface area contributed by atoms with Gasteiger partial charge in [-0.1, -0.05) is 23.7 Å². The Kier molecular flexibility index (Phi) is 5.11. The van der Waals surface area contributed by atoms with E-state index in [0.29, 0.717) is 5.13 Å². The van der Waals surface area contributed by atoms with E-state index in [0.717, 1.165) is 27.4 Å². The molecule has 0 atom stereocenters. The number of thiazole rings is 1. The zero-order chi connectivity index (χ0) is 14.5. The standard InChI is InChI=1S/C14H16ClN3OS/c1-9-3-4-10(6-12(9)15)5-11-7-17-14(20-11)18-13(19)8-16-2/h3-4,6-7,16H,5,8H2,1-2H3,(H,17,18,19). The van der Waals surface area contributed by atoms with Crippen LogP contribution < -0.4 is 10.6 Å². The van der Waals surface area contributed by atoms with Crippen LogP contribution in [0.15, 0.2) is 24.4 Å². The van der Waals surface area contributed by atoms with Crippen molar-refractivity contribution >= 4 is 34.0 Å². The average Bonchev–Trinajstić information content (AvgIpc) is 2.81. The van der Waals surface area contributed by atoms with Crippen molar-refractivity contribution in [2.45, 2.75) is 13.3 Å². The van der Waals surface area contributed by atoms with Crippen molar-refractivity contribution in [3.05, 3.63) is 45.4 Å². The van der Waals surface area contributed by atoms with Crippen molar-refractivity contribution in [2.75, 3.05) is 18.9 Å². The number of carbonyl (C=O) groups excluding carboxylic acids is 1. The molecule has 1 amide bonds. The minimum Gasteiger partial charge on any atom is -0.311 e. The van der Waals surface area contributed by atoms with Gasteiger partial charge >= 0.3 is 0 Å². The summed E-state index contributed by atoms with van der Waals surface area (Å²) in [6.45, 7) is 2.26. The lowest BCUT2D eigenvalue weighted by Crippen LogP contribution is -2.24. The number of hydrogen-bond donors (Lipinski definition) is 2. The summed E-state index contributed by atoms with van der Waals surface area (Å²) in [4.78, 5) is 16.7. The van der Waals surface area contributed by atoms with Crippen molar-refractivity contribution in [1.29, 1.82) is 0 Å². The van der Waals surface area contributed by atoms with E-state index in [4.69, 9.17) is 11.6 Å². The van der Waals surface area contributed by atoms with Crippen LogP contribution in [0.25, 0.3) is 0 Å². The molecule has 0 spiro atoms. The lowest BCUT2D eigenvalue weighted by molar-refractivity contribution is -0.115. The Balaban J connectivity index is 2.02. The summed E-state index contributed by atoms with van der Waals surface area (Å²) >= 11 is 7.59. The van der Waals surface area contributed by atoms with Crippen molar-refractivity contribution in [2.24, 2.45) is 0 Å². The van der Waals surface area contributed by atoms with E-state index in [2.05, 4.69) is 21.7 Å². The molecule has 0 aliphatic heterocycles. The molecule has 0 aliphatic carbocycles. The van der Waals surface area contributed by atoms with Crippen LogP contribution in [-0.4, -0.2) is 24.5 Å². The number of anilines is 1. The Morgan fingerprint density at radius 2 is 2.25 bits per heavy atom. The summed E-state index contributed by atoms with van der Waals surface area (Å²) in [7, 11) is 1.73. The molecule has 1 aromatic carbocycles. The Morgan fingerprint density at radius 1 is 1.45 bits per heavy atom. The number of rotatable bonds is 5. The van der Waals surface area contributed by atoms with Gasteiger partial charge in [-0.2, -0.15) is 0 Å². The second-order valence-corrected chi connectivity index (χ2v) is 5.99. The SMILES string of the molecule is CNCC(=O)Nc1ncc(Cc2ccc(C)c(Cl)c2)s1. The van der Waals surface area contributed by atoms with Crippen LogP contribution in [0.3, 0.4) is 0 Å². The van der Waals surface area contributed by atoms with E-state index in [-0.39, 0.29) is 12.5 Å². The monoisotopic (exact) mass is 309 g/mol. The molecular formula is C14H16ClN3OS. The normalized spacial score (nSPS) is 10.6. The molecule has 0 aliphatic rings.